The molecule has 1 saturated heterocycles. The summed E-state index contributed by atoms with van der Waals surface area (Å²) in [4.78, 5) is 20.3. The second kappa shape index (κ2) is 14.5. The van der Waals surface area contributed by atoms with Crippen LogP contribution in [0.4, 0.5) is 0 Å². The molecule has 2 atom stereocenters. The Kier molecular flexibility index (Phi) is 10.3. The van der Waals surface area contributed by atoms with Crippen molar-refractivity contribution in [3.05, 3.63) is 95.3 Å². The molecule has 0 aliphatic carbocycles. The average molecular weight is 573 g/mol. The summed E-state index contributed by atoms with van der Waals surface area (Å²) in [6, 6.07) is 26.6. The van der Waals surface area contributed by atoms with Crippen molar-refractivity contribution in [2.75, 3.05) is 19.7 Å². The van der Waals surface area contributed by atoms with Crippen molar-refractivity contribution in [3.63, 3.8) is 0 Å². The van der Waals surface area contributed by atoms with E-state index in [2.05, 4.69) is 52.0 Å². The topological polar surface area (TPSA) is 59.4 Å². The van der Waals surface area contributed by atoms with E-state index in [-0.39, 0.29) is 11.9 Å². The molecule has 0 spiro atoms. The maximum atomic E-state index is 12.7. The van der Waals surface area contributed by atoms with Crippen LogP contribution in [0.15, 0.2) is 78.9 Å². The highest BCUT2D eigenvalue weighted by molar-refractivity contribution is 6.32. The standard InChI is InChI=1S/C34H41ClN4O2/c1-26(27-12-3-2-4-13-27)36-34(40)20-19-28-14-9-10-22-38(28)23-11-24-39-31-17-7-6-16-30(31)37-33(39)21-25-41-32-18-8-5-15-29(32)35/h2-8,12-13,15-18,26,28H,9-11,14,19-25H2,1H3,(H,36,40). The van der Waals surface area contributed by atoms with Crippen LogP contribution in [0.5, 0.6) is 5.75 Å². The van der Waals surface area contributed by atoms with Gasteiger partial charge in [-0.05, 0) is 69.0 Å². The molecule has 3 aromatic carbocycles. The SMILES string of the molecule is CC(NC(=O)CCC1CCCCN1CCCn1c(CCOc2ccccc2Cl)nc2ccccc21)c1ccccc1. The molecule has 0 bridgehead atoms. The Labute approximate surface area is 248 Å². The third kappa shape index (κ3) is 7.90. The van der Waals surface area contributed by atoms with Gasteiger partial charge in [-0.15, -0.1) is 0 Å². The molecular formula is C34H41ClN4O2. The van der Waals surface area contributed by atoms with Crippen molar-refractivity contribution >= 4 is 28.5 Å². The van der Waals surface area contributed by atoms with E-state index < -0.39 is 0 Å². The highest BCUT2D eigenvalue weighted by atomic mass is 35.5. The molecule has 0 saturated carbocycles. The van der Waals surface area contributed by atoms with Crippen LogP contribution in [0.25, 0.3) is 11.0 Å². The zero-order valence-electron chi connectivity index (χ0n) is 24.0. The number of piperidine rings is 1. The number of halogens is 1. The molecule has 4 aromatic rings. The lowest BCUT2D eigenvalue weighted by Crippen LogP contribution is -2.41. The fraction of sp³-hybridized carbons (Fsp3) is 0.412. The van der Waals surface area contributed by atoms with Crippen LogP contribution in [-0.2, 0) is 17.8 Å². The number of benzene rings is 3. The van der Waals surface area contributed by atoms with E-state index in [1.54, 1.807) is 0 Å². The summed E-state index contributed by atoms with van der Waals surface area (Å²) in [5.74, 6) is 1.88. The number of hydrogen-bond donors (Lipinski definition) is 1. The van der Waals surface area contributed by atoms with Crippen LogP contribution in [0.1, 0.15) is 62.9 Å². The number of hydrogen-bond acceptors (Lipinski definition) is 4. The molecule has 1 N–H and O–H groups in total. The van der Waals surface area contributed by atoms with Gasteiger partial charge < -0.3 is 19.5 Å². The first-order valence-corrected chi connectivity index (χ1v) is 15.4. The van der Waals surface area contributed by atoms with E-state index in [1.165, 1.54) is 24.8 Å². The molecule has 7 heteroatoms. The number of rotatable bonds is 13. The normalized spacial score (nSPS) is 16.5. The Balaban J connectivity index is 1.14. The first-order chi connectivity index (χ1) is 20.1. The fourth-order valence-corrected chi connectivity index (χ4v) is 6.12. The van der Waals surface area contributed by atoms with Gasteiger partial charge in [0.15, 0.2) is 0 Å². The number of likely N-dealkylation sites (tertiary alicyclic amines) is 1. The Morgan fingerprint density at radius 1 is 1.02 bits per heavy atom. The van der Waals surface area contributed by atoms with Crippen molar-refractivity contribution in [3.8, 4) is 5.75 Å². The third-order valence-corrected chi connectivity index (χ3v) is 8.42. The van der Waals surface area contributed by atoms with Crippen molar-refractivity contribution in [2.24, 2.45) is 0 Å². The minimum Gasteiger partial charge on any atom is -0.492 e. The maximum Gasteiger partial charge on any atom is 0.220 e. The number of nitrogens with zero attached hydrogens (tertiary/aromatic N) is 3. The van der Waals surface area contributed by atoms with Crippen molar-refractivity contribution in [2.45, 2.75) is 70.5 Å². The summed E-state index contributed by atoms with van der Waals surface area (Å²) in [7, 11) is 0. The number of fused-ring (bicyclic) bond motifs is 1. The zero-order chi connectivity index (χ0) is 28.4. The number of nitrogens with one attached hydrogen (secondary N) is 1. The van der Waals surface area contributed by atoms with Gasteiger partial charge in [0, 0.05) is 32.0 Å². The fourth-order valence-electron chi connectivity index (χ4n) is 5.93. The molecule has 1 amide bonds. The summed E-state index contributed by atoms with van der Waals surface area (Å²) in [6.07, 6.45) is 6.86. The zero-order valence-corrected chi connectivity index (χ0v) is 24.7. The Morgan fingerprint density at radius 2 is 1.80 bits per heavy atom. The number of aryl methyl sites for hydroxylation is 1. The number of carbonyl (C=O) groups excluding carboxylic acids is 1. The lowest BCUT2D eigenvalue weighted by atomic mass is 9.97. The van der Waals surface area contributed by atoms with Crippen molar-refractivity contribution < 1.29 is 9.53 Å². The van der Waals surface area contributed by atoms with E-state index in [0.29, 0.717) is 36.3 Å². The van der Waals surface area contributed by atoms with Crippen molar-refractivity contribution in [1.82, 2.24) is 19.8 Å². The Bertz CT molecular complexity index is 1410. The van der Waals surface area contributed by atoms with E-state index >= 15 is 0 Å². The molecule has 6 nitrogen and oxygen atoms in total. The minimum absolute atomic E-state index is 0.0282. The van der Waals surface area contributed by atoms with Crippen LogP contribution in [0, 0.1) is 0 Å². The van der Waals surface area contributed by atoms with Crippen LogP contribution < -0.4 is 10.1 Å². The molecule has 1 aliphatic heterocycles. The number of carbonyl (C=O) groups is 1. The Morgan fingerprint density at radius 3 is 2.66 bits per heavy atom. The second-order valence-electron chi connectivity index (χ2n) is 11.0. The van der Waals surface area contributed by atoms with Crippen LogP contribution in [-0.4, -0.2) is 46.1 Å². The summed E-state index contributed by atoms with van der Waals surface area (Å²) < 4.78 is 8.32. The van der Waals surface area contributed by atoms with Gasteiger partial charge in [-0.1, -0.05) is 72.6 Å². The van der Waals surface area contributed by atoms with Gasteiger partial charge in [-0.3, -0.25) is 4.79 Å². The van der Waals surface area contributed by atoms with Crippen LogP contribution in [0.3, 0.4) is 0 Å². The molecule has 216 valence electrons. The van der Waals surface area contributed by atoms with Crippen LogP contribution >= 0.6 is 11.6 Å². The van der Waals surface area contributed by atoms with Gasteiger partial charge in [0.1, 0.15) is 11.6 Å². The molecule has 2 unspecified atom stereocenters. The largest absolute Gasteiger partial charge is 0.492 e. The molecule has 1 aliphatic rings. The predicted molar refractivity (Wildman–Crippen MR) is 166 cm³/mol. The molecule has 41 heavy (non-hydrogen) atoms. The van der Waals surface area contributed by atoms with E-state index in [1.807, 2.05) is 48.5 Å². The van der Waals surface area contributed by atoms with Gasteiger partial charge >= 0.3 is 0 Å². The molecule has 2 heterocycles. The van der Waals surface area contributed by atoms with E-state index in [4.69, 9.17) is 21.3 Å². The summed E-state index contributed by atoms with van der Waals surface area (Å²) in [5, 5.41) is 3.81. The number of amides is 1. The smallest absolute Gasteiger partial charge is 0.220 e. The first kappa shape index (κ1) is 29.2. The lowest BCUT2D eigenvalue weighted by Gasteiger charge is -2.36. The second-order valence-corrected chi connectivity index (χ2v) is 11.4. The average Bonchev–Trinajstić information content (AvgIpc) is 3.35. The third-order valence-electron chi connectivity index (χ3n) is 8.11. The highest BCUT2D eigenvalue weighted by Crippen LogP contribution is 2.25. The van der Waals surface area contributed by atoms with Crippen molar-refractivity contribution in [1.29, 1.82) is 0 Å². The molecule has 0 radical (unpaired) electrons. The number of imidazole rings is 1. The molecule has 5 rings (SSSR count). The maximum absolute atomic E-state index is 12.7. The van der Waals surface area contributed by atoms with Crippen LogP contribution in [0.2, 0.25) is 5.02 Å². The summed E-state index contributed by atoms with van der Waals surface area (Å²) in [5.41, 5.74) is 3.33. The van der Waals surface area contributed by atoms with Gasteiger partial charge in [0.25, 0.3) is 0 Å². The summed E-state index contributed by atoms with van der Waals surface area (Å²) >= 11 is 6.27. The molecule has 1 aromatic heterocycles. The highest BCUT2D eigenvalue weighted by Gasteiger charge is 2.23. The van der Waals surface area contributed by atoms with Gasteiger partial charge in [-0.25, -0.2) is 4.98 Å². The van der Waals surface area contributed by atoms with Gasteiger partial charge in [-0.2, -0.15) is 0 Å². The van der Waals surface area contributed by atoms with E-state index in [0.717, 1.165) is 49.4 Å². The predicted octanol–water partition coefficient (Wildman–Crippen LogP) is 7.21. The van der Waals surface area contributed by atoms with Gasteiger partial charge in [0.05, 0.1) is 28.7 Å². The first-order valence-electron chi connectivity index (χ1n) is 15.0. The number of para-hydroxylation sites is 3. The summed E-state index contributed by atoms with van der Waals surface area (Å²) in [6.45, 7) is 5.61. The minimum atomic E-state index is 0.0282. The molecular weight excluding hydrogens is 532 g/mol. The number of ether oxygens (including phenoxy) is 1. The van der Waals surface area contributed by atoms with E-state index in [9.17, 15) is 4.79 Å². The molecule has 1 fully saturated rings. The lowest BCUT2D eigenvalue weighted by molar-refractivity contribution is -0.122. The number of aromatic nitrogens is 2. The Hall–Kier alpha value is -3.35. The quantitative estimate of drug-likeness (QED) is 0.184. The monoisotopic (exact) mass is 572 g/mol. The van der Waals surface area contributed by atoms with Gasteiger partial charge in [0.2, 0.25) is 5.91 Å².